The Bertz CT molecular complexity index is 1610. The van der Waals surface area contributed by atoms with E-state index in [1.54, 1.807) is 18.4 Å². The van der Waals surface area contributed by atoms with Crippen molar-refractivity contribution in [3.05, 3.63) is 60.9 Å². The van der Waals surface area contributed by atoms with Crippen LogP contribution in [0.1, 0.15) is 65.4 Å². The van der Waals surface area contributed by atoms with Gasteiger partial charge in [0, 0.05) is 34.8 Å². The number of esters is 1. The van der Waals surface area contributed by atoms with E-state index in [-0.39, 0.29) is 40.7 Å². The Balaban J connectivity index is 1.20. The highest BCUT2D eigenvalue weighted by molar-refractivity contribution is 8.01. The summed E-state index contributed by atoms with van der Waals surface area (Å²) in [4.78, 5) is 32.0. The highest BCUT2D eigenvalue weighted by Gasteiger charge is 2.68. The number of rotatable bonds is 8. The molecule has 3 fully saturated rings. The molecule has 1 N–H and O–H groups in total. The molecule has 3 saturated carbocycles. The SMILES string of the molecule is C=C[C@]1(C)C[C@@H](OC(=O)CSc2nc3cc[n+](Cc4ccc(OC)cc4)cc3s2)[C@]2(C)[C@H](C)CC[C@]3(CCC(=O)[C@H]32)[C@@H](C)[C@@H]1O. The first-order chi connectivity index (χ1) is 21.4. The van der Waals surface area contributed by atoms with Gasteiger partial charge in [0.25, 0.3) is 0 Å². The molecule has 0 spiro atoms. The van der Waals surface area contributed by atoms with E-state index in [1.165, 1.54) is 17.3 Å². The largest absolute Gasteiger partial charge is 0.497 e. The average Bonchev–Trinajstić information content (AvgIpc) is 3.61. The summed E-state index contributed by atoms with van der Waals surface area (Å²) in [6, 6.07) is 10.0. The Kier molecular flexibility index (Phi) is 8.67. The van der Waals surface area contributed by atoms with Crippen molar-refractivity contribution in [1.82, 2.24) is 4.98 Å². The Morgan fingerprint density at radius 2 is 1.98 bits per heavy atom. The van der Waals surface area contributed by atoms with Crippen molar-refractivity contribution in [1.29, 1.82) is 0 Å². The molecule has 0 radical (unpaired) electrons. The zero-order chi connectivity index (χ0) is 32.1. The van der Waals surface area contributed by atoms with Crippen LogP contribution in [-0.4, -0.2) is 46.9 Å². The maximum absolute atomic E-state index is 13.6. The van der Waals surface area contributed by atoms with E-state index in [2.05, 4.69) is 50.2 Å². The summed E-state index contributed by atoms with van der Waals surface area (Å²) in [6.07, 6.45) is 8.39. The second kappa shape index (κ2) is 12.1. The maximum Gasteiger partial charge on any atom is 0.316 e. The lowest BCUT2D eigenvalue weighted by atomic mass is 9.44. The predicted octanol–water partition coefficient (Wildman–Crippen LogP) is 6.64. The number of thiazole rings is 1. The molecule has 240 valence electrons. The van der Waals surface area contributed by atoms with Crippen LogP contribution in [0.3, 0.4) is 0 Å². The van der Waals surface area contributed by atoms with Crippen LogP contribution in [0.15, 0.2) is 59.7 Å². The molecule has 9 heteroatoms. The molecule has 2 bridgehead atoms. The summed E-state index contributed by atoms with van der Waals surface area (Å²) in [6.45, 7) is 13.4. The van der Waals surface area contributed by atoms with Crippen LogP contribution < -0.4 is 9.30 Å². The highest BCUT2D eigenvalue weighted by atomic mass is 32.2. The summed E-state index contributed by atoms with van der Waals surface area (Å²) in [5.41, 5.74) is 0.619. The van der Waals surface area contributed by atoms with Gasteiger partial charge in [-0.25, -0.2) is 4.98 Å². The molecule has 3 aliphatic rings. The number of methoxy groups -OCH3 is 1. The number of hydrogen-bond acceptors (Lipinski definition) is 8. The number of thioether (sulfide) groups is 1. The Labute approximate surface area is 274 Å². The fourth-order valence-electron chi connectivity index (χ4n) is 8.81. The maximum atomic E-state index is 13.6. The van der Waals surface area contributed by atoms with E-state index in [4.69, 9.17) is 14.5 Å². The molecular formula is C36H45N2O5S2+. The third-order valence-electron chi connectivity index (χ3n) is 11.8. The predicted molar refractivity (Wildman–Crippen MR) is 177 cm³/mol. The molecule has 6 rings (SSSR count). The zero-order valence-corrected chi connectivity index (χ0v) is 28.6. The van der Waals surface area contributed by atoms with Gasteiger partial charge in [0.2, 0.25) is 0 Å². The van der Waals surface area contributed by atoms with E-state index >= 15 is 0 Å². The lowest BCUT2D eigenvalue weighted by molar-refractivity contribution is -0.686. The second-order valence-electron chi connectivity index (χ2n) is 14.0. The number of carbonyl (C=O) groups excluding carboxylic acids is 2. The molecule has 2 heterocycles. The van der Waals surface area contributed by atoms with Crippen LogP contribution in [0, 0.1) is 34.0 Å². The van der Waals surface area contributed by atoms with E-state index < -0.39 is 23.0 Å². The van der Waals surface area contributed by atoms with Crippen molar-refractivity contribution in [2.45, 2.75) is 82.9 Å². The standard InChI is InChI=1S/C36H45N2O5S2/c1-7-34(4)18-29(35(5)22(2)12-15-36(23(3)32(34)41)16-13-27(39)31(35)36)43-30(40)21-44-33-37-26-14-17-38(20-28(26)45-33)19-24-8-10-25(42-6)11-9-24/h7-11,14,17,20,22-23,29,31-32,41H,1,12-13,15-16,18-19,21H2,2-6H3/q+1/t22-,23+,29-,31+,32+,34-,35+,36+/m1/s1. The number of pyridine rings is 1. The van der Waals surface area contributed by atoms with Crippen LogP contribution in [0.25, 0.3) is 10.2 Å². The van der Waals surface area contributed by atoms with E-state index in [1.807, 2.05) is 37.4 Å². The van der Waals surface area contributed by atoms with Gasteiger partial charge in [-0.05, 0) is 67.2 Å². The minimum Gasteiger partial charge on any atom is -0.497 e. The van der Waals surface area contributed by atoms with Crippen molar-refractivity contribution >= 4 is 45.1 Å². The zero-order valence-electron chi connectivity index (χ0n) is 27.0. The number of Topliss-reactive ketones (excluding diaryl/α,β-unsaturated/α-hetero) is 1. The number of benzene rings is 1. The summed E-state index contributed by atoms with van der Waals surface area (Å²) in [5.74, 6) is 0.828. The topological polar surface area (TPSA) is 89.6 Å². The van der Waals surface area contributed by atoms with Crippen molar-refractivity contribution in [3.63, 3.8) is 0 Å². The van der Waals surface area contributed by atoms with Gasteiger partial charge >= 0.3 is 5.97 Å². The Morgan fingerprint density at radius 1 is 1.22 bits per heavy atom. The molecule has 0 aliphatic heterocycles. The molecule has 0 saturated heterocycles. The fraction of sp³-hybridized carbons (Fsp3) is 0.556. The van der Waals surface area contributed by atoms with Crippen LogP contribution in [0.2, 0.25) is 0 Å². The van der Waals surface area contributed by atoms with Crippen molar-refractivity contribution in [2.24, 2.45) is 34.0 Å². The smallest absolute Gasteiger partial charge is 0.316 e. The number of aliphatic hydroxyl groups excluding tert-OH is 1. The monoisotopic (exact) mass is 649 g/mol. The average molecular weight is 650 g/mol. The lowest BCUT2D eigenvalue weighted by Crippen LogP contribution is -2.63. The number of aliphatic hydroxyl groups is 1. The Morgan fingerprint density at radius 3 is 2.69 bits per heavy atom. The van der Waals surface area contributed by atoms with Gasteiger partial charge in [0.05, 0.1) is 24.5 Å². The third-order valence-corrected chi connectivity index (χ3v) is 13.9. The molecule has 1 aromatic carbocycles. The summed E-state index contributed by atoms with van der Waals surface area (Å²) >= 11 is 2.95. The lowest BCUT2D eigenvalue weighted by Gasteiger charge is -2.61. The van der Waals surface area contributed by atoms with E-state index in [9.17, 15) is 14.7 Å². The fourth-order valence-corrected chi connectivity index (χ4v) is 10.7. The van der Waals surface area contributed by atoms with Gasteiger partial charge in [0.15, 0.2) is 23.3 Å². The first kappa shape index (κ1) is 32.2. The number of ketones is 1. The number of nitrogens with zero attached hydrogens (tertiary/aromatic N) is 2. The van der Waals surface area contributed by atoms with Crippen molar-refractivity contribution in [3.8, 4) is 5.75 Å². The molecule has 0 unspecified atom stereocenters. The van der Waals surface area contributed by atoms with Crippen molar-refractivity contribution < 1.29 is 28.7 Å². The van der Waals surface area contributed by atoms with Crippen LogP contribution >= 0.6 is 23.1 Å². The van der Waals surface area contributed by atoms with Crippen molar-refractivity contribution in [2.75, 3.05) is 12.9 Å². The molecule has 3 aromatic rings. The van der Waals surface area contributed by atoms with Gasteiger partial charge in [0.1, 0.15) is 22.3 Å². The molecule has 3 aliphatic carbocycles. The highest BCUT2D eigenvalue weighted by Crippen LogP contribution is 2.68. The summed E-state index contributed by atoms with van der Waals surface area (Å²) in [5, 5.41) is 11.7. The minimum atomic E-state index is -0.674. The van der Waals surface area contributed by atoms with Crippen LogP contribution in [0.5, 0.6) is 5.75 Å². The molecule has 0 amide bonds. The van der Waals surface area contributed by atoms with Gasteiger partial charge in [-0.2, -0.15) is 4.57 Å². The quantitative estimate of drug-likeness (QED) is 0.127. The first-order valence-electron chi connectivity index (χ1n) is 16.0. The normalized spacial score (nSPS) is 34.5. The van der Waals surface area contributed by atoms with Crippen LogP contribution in [-0.2, 0) is 20.9 Å². The van der Waals surface area contributed by atoms with E-state index in [0.29, 0.717) is 12.8 Å². The summed E-state index contributed by atoms with van der Waals surface area (Å²) in [7, 11) is 1.66. The number of ether oxygens (including phenoxy) is 2. The first-order valence-corrected chi connectivity index (χ1v) is 17.8. The molecule has 8 atom stereocenters. The summed E-state index contributed by atoms with van der Waals surface area (Å²) < 4.78 is 15.7. The minimum absolute atomic E-state index is 0.0510. The third kappa shape index (κ3) is 5.52. The number of carbonyl (C=O) groups is 2. The number of aromatic nitrogens is 2. The second-order valence-corrected chi connectivity index (χ2v) is 16.3. The number of hydrogen-bond donors (Lipinski definition) is 1. The van der Waals surface area contributed by atoms with Gasteiger partial charge in [-0.15, -0.1) is 17.9 Å². The number of fused-ring (bicyclic) bond motifs is 1. The van der Waals surface area contributed by atoms with Gasteiger partial charge < -0.3 is 14.6 Å². The molecule has 2 aromatic heterocycles. The van der Waals surface area contributed by atoms with E-state index in [0.717, 1.165) is 46.1 Å². The molecular weight excluding hydrogens is 605 g/mol. The molecule has 45 heavy (non-hydrogen) atoms. The molecule has 7 nitrogen and oxygen atoms in total. The Hall–Kier alpha value is -2.75. The van der Waals surface area contributed by atoms with Gasteiger partial charge in [-0.3, -0.25) is 9.59 Å². The van der Waals surface area contributed by atoms with Gasteiger partial charge in [-0.1, -0.05) is 45.5 Å². The van der Waals surface area contributed by atoms with Crippen LogP contribution in [0.4, 0.5) is 0 Å².